The molecule has 0 atom stereocenters. The zero-order chi connectivity index (χ0) is 15.1. The number of carbonyl (C=O) groups excluding carboxylic acids is 1. The first-order chi connectivity index (χ1) is 9.40. The van der Waals surface area contributed by atoms with E-state index in [1.807, 2.05) is 0 Å². The van der Waals surface area contributed by atoms with Crippen LogP contribution in [-0.4, -0.2) is 39.7 Å². The van der Waals surface area contributed by atoms with E-state index in [-0.39, 0.29) is 6.61 Å². The lowest BCUT2D eigenvalue weighted by Gasteiger charge is -2.12. The first kappa shape index (κ1) is 17.0. The molecule has 7 heteroatoms. The van der Waals surface area contributed by atoms with Gasteiger partial charge in [0.1, 0.15) is 25.4 Å². The average Bonchev–Trinajstić information content (AvgIpc) is 2.32. The lowest BCUT2D eigenvalue weighted by atomic mass is 10.2. The van der Waals surface area contributed by atoms with Crippen molar-refractivity contribution in [2.75, 3.05) is 33.8 Å². The van der Waals surface area contributed by atoms with Crippen molar-refractivity contribution < 1.29 is 19.7 Å². The number of hydrogen-bond acceptors (Lipinski definition) is 2. The molecule has 0 bridgehead atoms. The second kappa shape index (κ2) is 8.32. The number of ether oxygens (including phenoxy) is 1. The van der Waals surface area contributed by atoms with Gasteiger partial charge in [-0.1, -0.05) is 23.2 Å². The van der Waals surface area contributed by atoms with Gasteiger partial charge in [-0.25, -0.2) is 0 Å². The van der Waals surface area contributed by atoms with E-state index in [2.05, 4.69) is 19.4 Å². The number of benzene rings is 1. The molecule has 0 radical (unpaired) electrons. The fourth-order valence-corrected chi connectivity index (χ4v) is 2.31. The molecule has 5 N–H and O–H groups in total. The highest BCUT2D eigenvalue weighted by atomic mass is 35.5. The lowest BCUT2D eigenvalue weighted by molar-refractivity contribution is -0.875. The summed E-state index contributed by atoms with van der Waals surface area (Å²) < 4.78 is 5.37. The van der Waals surface area contributed by atoms with Gasteiger partial charge in [0.15, 0.2) is 6.61 Å². The Hall–Kier alpha value is -1.01. The van der Waals surface area contributed by atoms with Gasteiger partial charge in [0.05, 0.1) is 24.7 Å². The largest absolute Gasteiger partial charge is 0.482 e. The predicted molar refractivity (Wildman–Crippen MR) is 79.3 cm³/mol. The van der Waals surface area contributed by atoms with E-state index in [9.17, 15) is 4.79 Å². The molecular formula is C13H21Cl2N3O2+2. The fraction of sp³-hybridized carbons (Fsp3) is 0.462. The number of nitrogens with one attached hydrogen (secondary N) is 1. The normalized spacial score (nSPS) is 10.8. The summed E-state index contributed by atoms with van der Waals surface area (Å²) in [6.07, 6.45) is 0. The van der Waals surface area contributed by atoms with Crippen molar-refractivity contribution in [3.8, 4) is 5.75 Å². The number of likely N-dealkylation sites (N-methyl/N-ethyl adjacent to an activating group) is 1. The highest BCUT2D eigenvalue weighted by Gasteiger charge is 2.13. The van der Waals surface area contributed by atoms with Gasteiger partial charge in [0.25, 0.3) is 5.91 Å². The van der Waals surface area contributed by atoms with Crippen LogP contribution in [0.15, 0.2) is 12.1 Å². The monoisotopic (exact) mass is 321 g/mol. The number of carbonyl (C=O) groups is 1. The molecule has 1 aromatic carbocycles. The molecule has 1 rings (SSSR count). The molecule has 0 spiro atoms. The number of nitrogens with two attached hydrogens (primary N) is 2. The molecule has 112 valence electrons. The van der Waals surface area contributed by atoms with Crippen molar-refractivity contribution in [2.45, 2.75) is 6.54 Å². The zero-order valence-electron chi connectivity index (χ0n) is 11.7. The van der Waals surface area contributed by atoms with E-state index in [0.29, 0.717) is 22.3 Å². The van der Waals surface area contributed by atoms with E-state index in [4.69, 9.17) is 33.7 Å². The van der Waals surface area contributed by atoms with Crippen molar-refractivity contribution in [2.24, 2.45) is 5.73 Å². The van der Waals surface area contributed by atoms with Gasteiger partial charge >= 0.3 is 0 Å². The Morgan fingerprint density at radius 1 is 1.40 bits per heavy atom. The van der Waals surface area contributed by atoms with Crippen LogP contribution in [0.2, 0.25) is 10.0 Å². The number of hydrogen-bond donors (Lipinski definition) is 3. The third kappa shape index (κ3) is 5.96. The summed E-state index contributed by atoms with van der Waals surface area (Å²) in [5.41, 5.74) is 5.94. The maximum atomic E-state index is 10.8. The molecule has 0 aliphatic heterocycles. The van der Waals surface area contributed by atoms with E-state index in [0.717, 1.165) is 18.7 Å². The molecule has 1 aromatic rings. The minimum Gasteiger partial charge on any atom is -0.482 e. The maximum absolute atomic E-state index is 10.8. The molecule has 0 aliphatic carbocycles. The summed E-state index contributed by atoms with van der Waals surface area (Å²) in [6.45, 7) is 2.51. The Morgan fingerprint density at radius 3 is 2.70 bits per heavy atom. The first-order valence-electron chi connectivity index (χ1n) is 6.40. The van der Waals surface area contributed by atoms with Crippen molar-refractivity contribution in [3.63, 3.8) is 0 Å². The number of amides is 1. The van der Waals surface area contributed by atoms with Crippen LogP contribution in [0.1, 0.15) is 5.56 Å². The van der Waals surface area contributed by atoms with Crippen LogP contribution in [0.3, 0.4) is 0 Å². The third-order valence-electron chi connectivity index (χ3n) is 2.66. The number of rotatable bonds is 8. The number of primary amides is 1. The van der Waals surface area contributed by atoms with Gasteiger partial charge in [-0.2, -0.15) is 0 Å². The lowest BCUT2D eigenvalue weighted by Crippen LogP contribution is -3.09. The first-order valence-corrected chi connectivity index (χ1v) is 7.15. The Bertz CT molecular complexity index is 467. The number of quaternary nitrogens is 2. The summed E-state index contributed by atoms with van der Waals surface area (Å²) in [5, 5.41) is 3.08. The number of halogens is 2. The van der Waals surface area contributed by atoms with Gasteiger partial charge in [-0.3, -0.25) is 4.79 Å². The van der Waals surface area contributed by atoms with E-state index >= 15 is 0 Å². The van der Waals surface area contributed by atoms with Gasteiger partial charge in [-0.15, -0.1) is 0 Å². The second-order valence-electron chi connectivity index (χ2n) is 4.87. The summed E-state index contributed by atoms with van der Waals surface area (Å²) in [4.78, 5) is 12.2. The van der Waals surface area contributed by atoms with Crippen molar-refractivity contribution in [1.29, 1.82) is 0 Å². The summed E-state index contributed by atoms with van der Waals surface area (Å²) >= 11 is 12.1. The molecule has 1 amide bonds. The molecule has 0 heterocycles. The molecule has 0 fully saturated rings. The topological polar surface area (TPSA) is 73.4 Å². The zero-order valence-corrected chi connectivity index (χ0v) is 13.2. The average molecular weight is 322 g/mol. The van der Waals surface area contributed by atoms with Crippen LogP contribution in [0.25, 0.3) is 0 Å². The molecule has 0 aromatic heterocycles. The van der Waals surface area contributed by atoms with Crippen LogP contribution in [0.4, 0.5) is 0 Å². The minimum atomic E-state index is -0.540. The van der Waals surface area contributed by atoms with Crippen LogP contribution < -0.4 is 20.7 Å². The molecule has 0 saturated carbocycles. The quantitative estimate of drug-likeness (QED) is 0.541. The molecule has 20 heavy (non-hydrogen) atoms. The van der Waals surface area contributed by atoms with Crippen molar-refractivity contribution in [1.82, 2.24) is 0 Å². The van der Waals surface area contributed by atoms with Crippen LogP contribution in [0, 0.1) is 0 Å². The highest BCUT2D eigenvalue weighted by molar-refractivity contribution is 6.35. The van der Waals surface area contributed by atoms with Crippen LogP contribution >= 0.6 is 23.2 Å². The van der Waals surface area contributed by atoms with Gasteiger partial charge in [-0.05, 0) is 12.1 Å². The van der Waals surface area contributed by atoms with Crippen molar-refractivity contribution >= 4 is 29.1 Å². The Labute approximate surface area is 129 Å². The minimum absolute atomic E-state index is 0.198. The SMILES string of the molecule is C[NH+](C)CC[NH2+]Cc1cc(Cl)cc(Cl)c1OCC(N)=O. The Balaban J connectivity index is 2.73. The van der Waals surface area contributed by atoms with Gasteiger partial charge < -0.3 is 20.7 Å². The van der Waals surface area contributed by atoms with Gasteiger partial charge in [0.2, 0.25) is 0 Å². The molecule has 0 unspecified atom stereocenters. The summed E-state index contributed by atoms with van der Waals surface area (Å²) in [7, 11) is 4.21. The second-order valence-corrected chi connectivity index (χ2v) is 5.71. The maximum Gasteiger partial charge on any atom is 0.255 e. The van der Waals surface area contributed by atoms with Gasteiger partial charge in [0, 0.05) is 5.02 Å². The summed E-state index contributed by atoms with van der Waals surface area (Å²) in [5.74, 6) is -0.0644. The molecular weight excluding hydrogens is 301 g/mol. The van der Waals surface area contributed by atoms with E-state index < -0.39 is 5.91 Å². The van der Waals surface area contributed by atoms with E-state index in [1.165, 1.54) is 4.90 Å². The Morgan fingerprint density at radius 2 is 2.10 bits per heavy atom. The standard InChI is InChI=1S/C13H19Cl2N3O2/c1-18(2)4-3-17-7-9-5-10(14)6-11(15)13(9)20-8-12(16)19/h5-6,17H,3-4,7-8H2,1-2H3,(H2,16,19)/p+2. The molecule has 0 aliphatic rings. The Kier molecular flexibility index (Phi) is 7.09. The van der Waals surface area contributed by atoms with Crippen LogP contribution in [0.5, 0.6) is 5.75 Å². The third-order valence-corrected chi connectivity index (χ3v) is 3.16. The predicted octanol–water partition coefficient (Wildman–Crippen LogP) is -0.935. The van der Waals surface area contributed by atoms with E-state index in [1.54, 1.807) is 12.1 Å². The fourth-order valence-electron chi connectivity index (χ4n) is 1.72. The summed E-state index contributed by atoms with van der Waals surface area (Å²) in [6, 6.07) is 3.38. The highest BCUT2D eigenvalue weighted by Crippen LogP contribution is 2.31. The molecule has 5 nitrogen and oxygen atoms in total. The smallest absolute Gasteiger partial charge is 0.255 e. The molecule has 0 saturated heterocycles. The van der Waals surface area contributed by atoms with Crippen LogP contribution in [-0.2, 0) is 11.3 Å². The van der Waals surface area contributed by atoms with Crippen molar-refractivity contribution in [3.05, 3.63) is 27.7 Å².